The molecule has 138 valence electrons. The van der Waals surface area contributed by atoms with Crippen LogP contribution < -0.4 is 11.1 Å². The van der Waals surface area contributed by atoms with Crippen molar-refractivity contribution in [1.29, 1.82) is 0 Å². The molecule has 4 fully saturated rings. The van der Waals surface area contributed by atoms with Crippen molar-refractivity contribution in [3.8, 4) is 0 Å². The third-order valence-electron chi connectivity index (χ3n) is 7.37. The van der Waals surface area contributed by atoms with Gasteiger partial charge in [-0.15, -0.1) is 0 Å². The number of benzene rings is 2. The molecule has 0 aliphatic heterocycles. The maximum Gasteiger partial charge on any atom is 0.193 e. The van der Waals surface area contributed by atoms with Gasteiger partial charge in [0.05, 0.1) is 6.04 Å². The number of aliphatic imine (C=N–C) groups is 1. The van der Waals surface area contributed by atoms with Gasteiger partial charge in [0.2, 0.25) is 0 Å². The predicted molar refractivity (Wildman–Crippen MR) is 111 cm³/mol. The number of aliphatic hydroxyl groups excluding tert-OH is 1. The number of nitrogens with two attached hydrogens (primary N) is 1. The summed E-state index contributed by atoms with van der Waals surface area (Å²) in [4.78, 5) is 4.97. The van der Waals surface area contributed by atoms with E-state index >= 15 is 0 Å². The monoisotopic (exact) mass is 359 g/mol. The molecule has 0 heterocycles. The van der Waals surface area contributed by atoms with Crippen LogP contribution in [0.5, 0.6) is 0 Å². The van der Waals surface area contributed by atoms with Crippen molar-refractivity contribution >= 4 is 34.3 Å². The van der Waals surface area contributed by atoms with Crippen LogP contribution in [0.25, 0.3) is 22.6 Å². The van der Waals surface area contributed by atoms with Crippen LogP contribution in [0, 0.1) is 23.7 Å². The SMILES string of the molecule is NC(=NC1C2CC3CC(C2)CC1C3)Nc1ccc2c3c(cccc13)C(O)=C2. The van der Waals surface area contributed by atoms with Crippen LogP contribution >= 0.6 is 0 Å². The van der Waals surface area contributed by atoms with Gasteiger partial charge in [-0.05, 0) is 73.5 Å². The summed E-state index contributed by atoms with van der Waals surface area (Å²) in [7, 11) is 0. The van der Waals surface area contributed by atoms with Gasteiger partial charge in [0, 0.05) is 22.0 Å². The highest BCUT2D eigenvalue weighted by molar-refractivity contribution is 6.13. The first kappa shape index (κ1) is 15.6. The van der Waals surface area contributed by atoms with E-state index < -0.39 is 0 Å². The molecule has 5 aliphatic rings. The zero-order valence-electron chi connectivity index (χ0n) is 15.4. The summed E-state index contributed by atoms with van der Waals surface area (Å²) in [6, 6.07) is 10.5. The topological polar surface area (TPSA) is 70.6 Å². The third-order valence-corrected chi connectivity index (χ3v) is 7.37. The Morgan fingerprint density at radius 3 is 2.48 bits per heavy atom. The van der Waals surface area contributed by atoms with Gasteiger partial charge in [-0.3, -0.25) is 0 Å². The summed E-state index contributed by atoms with van der Waals surface area (Å²) in [5.41, 5.74) is 9.28. The van der Waals surface area contributed by atoms with Crippen molar-refractivity contribution in [2.75, 3.05) is 5.32 Å². The van der Waals surface area contributed by atoms with E-state index in [9.17, 15) is 5.11 Å². The highest BCUT2D eigenvalue weighted by Gasteiger charge is 2.48. The van der Waals surface area contributed by atoms with Crippen LogP contribution in [0.15, 0.2) is 35.3 Å². The molecule has 0 saturated heterocycles. The van der Waals surface area contributed by atoms with Crippen molar-refractivity contribution in [3.05, 3.63) is 41.5 Å². The van der Waals surface area contributed by atoms with E-state index in [0.29, 0.717) is 17.8 Å². The summed E-state index contributed by atoms with van der Waals surface area (Å²) in [6.07, 6.45) is 8.67. The van der Waals surface area contributed by atoms with E-state index in [-0.39, 0.29) is 0 Å². The largest absolute Gasteiger partial charge is 0.507 e. The predicted octanol–water partition coefficient (Wildman–Crippen LogP) is 4.76. The maximum absolute atomic E-state index is 10.2. The van der Waals surface area contributed by atoms with Gasteiger partial charge in [-0.2, -0.15) is 0 Å². The lowest BCUT2D eigenvalue weighted by molar-refractivity contribution is 0.00124. The highest BCUT2D eigenvalue weighted by atomic mass is 16.3. The van der Waals surface area contributed by atoms with Gasteiger partial charge in [0.25, 0.3) is 0 Å². The van der Waals surface area contributed by atoms with Crippen LogP contribution in [-0.4, -0.2) is 17.1 Å². The Morgan fingerprint density at radius 2 is 1.74 bits per heavy atom. The molecule has 0 atom stereocenters. The molecule has 4 N–H and O–H groups in total. The summed E-state index contributed by atoms with van der Waals surface area (Å²) in [5.74, 6) is 4.23. The van der Waals surface area contributed by atoms with Gasteiger partial charge < -0.3 is 16.2 Å². The molecular formula is C23H25N3O. The molecule has 5 aliphatic carbocycles. The molecule has 0 amide bonds. The zero-order valence-corrected chi connectivity index (χ0v) is 15.4. The molecule has 7 rings (SSSR count). The second-order valence-electron chi connectivity index (χ2n) is 9.02. The summed E-state index contributed by atoms with van der Waals surface area (Å²) < 4.78 is 0. The number of hydrogen-bond donors (Lipinski definition) is 3. The second-order valence-corrected chi connectivity index (χ2v) is 9.02. The fourth-order valence-corrected chi connectivity index (χ4v) is 6.54. The summed E-state index contributed by atoms with van der Waals surface area (Å²) in [5, 5.41) is 15.7. The Labute approximate surface area is 159 Å². The van der Waals surface area contributed by atoms with Gasteiger partial charge in [0.1, 0.15) is 5.76 Å². The smallest absolute Gasteiger partial charge is 0.193 e. The fraction of sp³-hybridized carbons (Fsp3) is 0.435. The Morgan fingerprint density at radius 1 is 1.00 bits per heavy atom. The molecule has 0 unspecified atom stereocenters. The number of anilines is 1. The quantitative estimate of drug-likeness (QED) is 0.535. The van der Waals surface area contributed by atoms with Crippen LogP contribution in [0.4, 0.5) is 5.69 Å². The first-order chi connectivity index (χ1) is 13.2. The lowest BCUT2D eigenvalue weighted by Crippen LogP contribution is -2.48. The number of hydrogen-bond acceptors (Lipinski definition) is 2. The summed E-state index contributed by atoms with van der Waals surface area (Å²) in [6.45, 7) is 0. The molecule has 2 aromatic rings. The number of aliphatic hydroxyl groups is 1. The molecule has 2 aromatic carbocycles. The number of rotatable bonds is 2. The fourth-order valence-electron chi connectivity index (χ4n) is 6.54. The normalized spacial score (nSPS) is 33.6. The van der Waals surface area contributed by atoms with Crippen molar-refractivity contribution in [3.63, 3.8) is 0 Å². The Hall–Kier alpha value is -2.49. The Bertz CT molecular complexity index is 978. The highest BCUT2D eigenvalue weighted by Crippen LogP contribution is 2.54. The van der Waals surface area contributed by atoms with E-state index in [2.05, 4.69) is 11.4 Å². The van der Waals surface area contributed by atoms with E-state index in [1.807, 2.05) is 30.3 Å². The van der Waals surface area contributed by atoms with Crippen LogP contribution in [-0.2, 0) is 0 Å². The maximum atomic E-state index is 10.2. The molecule has 0 radical (unpaired) electrons. The minimum Gasteiger partial charge on any atom is -0.507 e. The van der Waals surface area contributed by atoms with E-state index in [4.69, 9.17) is 10.7 Å². The molecule has 4 bridgehead atoms. The van der Waals surface area contributed by atoms with Crippen molar-refractivity contribution < 1.29 is 5.11 Å². The van der Waals surface area contributed by atoms with E-state index in [1.54, 1.807) is 0 Å². The molecular weight excluding hydrogens is 334 g/mol. The lowest BCUT2D eigenvalue weighted by atomic mass is 9.54. The number of nitrogens with one attached hydrogen (secondary N) is 1. The zero-order chi connectivity index (χ0) is 18.1. The molecule has 4 nitrogen and oxygen atoms in total. The Kier molecular flexibility index (Phi) is 3.17. The van der Waals surface area contributed by atoms with Crippen LogP contribution in [0.3, 0.4) is 0 Å². The lowest BCUT2D eigenvalue weighted by Gasteiger charge is -2.53. The average molecular weight is 359 g/mol. The van der Waals surface area contributed by atoms with Crippen molar-refractivity contribution in [2.45, 2.75) is 38.1 Å². The molecule has 4 heteroatoms. The molecule has 0 aromatic heterocycles. The molecule has 4 saturated carbocycles. The average Bonchev–Trinajstić information content (AvgIpc) is 2.97. The minimum atomic E-state index is 0.336. The van der Waals surface area contributed by atoms with E-state index in [1.165, 1.54) is 32.1 Å². The van der Waals surface area contributed by atoms with Crippen LogP contribution in [0.1, 0.15) is 43.2 Å². The van der Waals surface area contributed by atoms with Gasteiger partial charge in [-0.25, -0.2) is 4.99 Å². The standard InChI is InChI=1S/C23H25N3O/c24-23(26-22-15-7-12-6-13(9-15)10-16(22)8-12)25-19-5-4-14-11-20(27)18-3-1-2-17(19)21(14)18/h1-5,11-13,15-16,22,27H,6-10H2,(H3,24,25,26). The van der Waals surface area contributed by atoms with E-state index in [0.717, 1.165) is 51.3 Å². The first-order valence-corrected chi connectivity index (χ1v) is 10.2. The van der Waals surface area contributed by atoms with Gasteiger partial charge >= 0.3 is 0 Å². The van der Waals surface area contributed by atoms with Crippen LogP contribution in [0.2, 0.25) is 0 Å². The summed E-state index contributed by atoms with van der Waals surface area (Å²) >= 11 is 0. The van der Waals surface area contributed by atoms with Gasteiger partial charge in [-0.1, -0.05) is 24.3 Å². The second kappa shape index (κ2) is 5.51. The van der Waals surface area contributed by atoms with Gasteiger partial charge in [0.15, 0.2) is 5.96 Å². The number of guanidine groups is 1. The molecule has 27 heavy (non-hydrogen) atoms. The van der Waals surface area contributed by atoms with Crippen molar-refractivity contribution in [2.24, 2.45) is 34.4 Å². The Balaban J connectivity index is 1.31. The minimum absolute atomic E-state index is 0.336. The molecule has 0 spiro atoms. The van der Waals surface area contributed by atoms with Crippen molar-refractivity contribution in [1.82, 2.24) is 0 Å². The first-order valence-electron chi connectivity index (χ1n) is 10.2. The number of nitrogens with zero attached hydrogens (tertiary/aromatic N) is 1. The third kappa shape index (κ3) is 2.32.